The van der Waals surface area contributed by atoms with Crippen molar-refractivity contribution < 1.29 is 8.42 Å². The van der Waals surface area contributed by atoms with E-state index in [1.807, 2.05) is 25.4 Å². The number of thiophene rings is 1. The van der Waals surface area contributed by atoms with Crippen LogP contribution in [0.5, 0.6) is 0 Å². The van der Waals surface area contributed by atoms with Crippen LogP contribution in [0.25, 0.3) is 0 Å². The number of hydrogen-bond acceptors (Lipinski definition) is 4. The Kier molecular flexibility index (Phi) is 5.57. The van der Waals surface area contributed by atoms with E-state index in [4.69, 9.17) is 0 Å². The Hall–Kier alpha value is -0.470. The normalized spacial score (nSPS) is 21.2. The minimum absolute atomic E-state index is 0.0654. The lowest BCUT2D eigenvalue weighted by molar-refractivity contribution is 0.246. The van der Waals surface area contributed by atoms with Crippen LogP contribution in [0.3, 0.4) is 0 Å². The van der Waals surface area contributed by atoms with E-state index in [1.54, 1.807) is 15.6 Å². The Morgan fingerprint density at radius 1 is 1.45 bits per heavy atom. The molecule has 0 amide bonds. The Bertz CT molecular complexity index is 525. The molecule has 114 valence electrons. The van der Waals surface area contributed by atoms with Crippen molar-refractivity contribution in [3.8, 4) is 0 Å². The van der Waals surface area contributed by atoms with Crippen molar-refractivity contribution in [1.82, 2.24) is 14.3 Å². The lowest BCUT2D eigenvalue weighted by Gasteiger charge is -2.34. The average molecular weight is 317 g/mol. The van der Waals surface area contributed by atoms with Crippen molar-refractivity contribution >= 4 is 21.5 Å². The monoisotopic (exact) mass is 317 g/mol. The third-order valence-corrected chi connectivity index (χ3v) is 6.34. The Labute approximate surface area is 125 Å². The lowest BCUT2D eigenvalue weighted by Crippen LogP contribution is -2.51. The van der Waals surface area contributed by atoms with Crippen LogP contribution in [0.1, 0.15) is 29.7 Å². The second-order valence-corrected chi connectivity index (χ2v) is 7.88. The molecule has 1 aliphatic rings. The molecule has 0 aromatic carbocycles. The minimum Gasteiger partial charge on any atom is -0.318 e. The van der Waals surface area contributed by atoms with E-state index in [-0.39, 0.29) is 6.04 Å². The molecule has 2 rings (SSSR count). The summed E-state index contributed by atoms with van der Waals surface area (Å²) < 4.78 is 29.3. The fraction of sp³-hybridized carbons (Fsp3) is 0.692. The quantitative estimate of drug-likeness (QED) is 0.835. The summed E-state index contributed by atoms with van der Waals surface area (Å²) in [6.07, 6.45) is 2.97. The lowest BCUT2D eigenvalue weighted by atomic mass is 10.1. The van der Waals surface area contributed by atoms with Gasteiger partial charge in [-0.3, -0.25) is 0 Å². The van der Waals surface area contributed by atoms with Crippen molar-refractivity contribution in [2.45, 2.75) is 38.8 Å². The van der Waals surface area contributed by atoms with E-state index in [9.17, 15) is 8.42 Å². The van der Waals surface area contributed by atoms with Crippen molar-refractivity contribution in [3.05, 3.63) is 21.9 Å². The van der Waals surface area contributed by atoms with Gasteiger partial charge in [0.1, 0.15) is 0 Å². The number of piperidine rings is 1. The van der Waals surface area contributed by atoms with Gasteiger partial charge in [-0.2, -0.15) is 17.4 Å². The molecule has 7 heteroatoms. The van der Waals surface area contributed by atoms with Crippen molar-refractivity contribution in [1.29, 1.82) is 0 Å². The summed E-state index contributed by atoms with van der Waals surface area (Å²) in [6.45, 7) is 3.71. The predicted octanol–water partition coefficient (Wildman–Crippen LogP) is 1.46. The highest BCUT2D eigenvalue weighted by Gasteiger charge is 2.31. The van der Waals surface area contributed by atoms with Gasteiger partial charge in [0.15, 0.2) is 0 Å². The van der Waals surface area contributed by atoms with Crippen molar-refractivity contribution in [2.24, 2.45) is 0 Å². The van der Waals surface area contributed by atoms with Crippen LogP contribution in [0.4, 0.5) is 0 Å². The summed E-state index contributed by atoms with van der Waals surface area (Å²) in [5.41, 5.74) is 1.14. The van der Waals surface area contributed by atoms with E-state index in [1.165, 1.54) is 0 Å². The summed E-state index contributed by atoms with van der Waals surface area (Å²) in [4.78, 5) is 1.08. The molecule has 0 bridgehead atoms. The number of aryl methyl sites for hydroxylation is 1. The fourth-order valence-electron chi connectivity index (χ4n) is 2.55. The molecule has 2 N–H and O–H groups in total. The van der Waals surface area contributed by atoms with E-state index in [2.05, 4.69) is 10.0 Å². The van der Waals surface area contributed by atoms with Crippen molar-refractivity contribution in [2.75, 3.05) is 20.1 Å². The second-order valence-electron chi connectivity index (χ2n) is 5.17. The topological polar surface area (TPSA) is 61.4 Å². The Balaban J connectivity index is 2.02. The zero-order valence-corrected chi connectivity index (χ0v) is 13.7. The number of rotatable bonds is 6. The molecule has 1 aromatic rings. The third-order valence-electron chi connectivity index (χ3n) is 3.70. The number of likely N-dealkylation sites (N-methyl/N-ethyl adjacent to an activating group) is 1. The van der Waals surface area contributed by atoms with Gasteiger partial charge >= 0.3 is 0 Å². The maximum absolute atomic E-state index is 12.5. The summed E-state index contributed by atoms with van der Waals surface area (Å²) in [6, 6.07) is 2.08. The van der Waals surface area contributed by atoms with Crippen LogP contribution < -0.4 is 10.0 Å². The molecule has 0 aliphatic carbocycles. The highest BCUT2D eigenvalue weighted by atomic mass is 32.2. The zero-order valence-electron chi connectivity index (χ0n) is 12.1. The van der Waals surface area contributed by atoms with Gasteiger partial charge < -0.3 is 5.32 Å². The first-order valence-corrected chi connectivity index (χ1v) is 9.30. The maximum atomic E-state index is 12.5. The molecule has 0 spiro atoms. The van der Waals surface area contributed by atoms with Crippen LogP contribution in [-0.4, -0.2) is 38.9 Å². The van der Waals surface area contributed by atoms with Gasteiger partial charge in [-0.1, -0.05) is 6.42 Å². The van der Waals surface area contributed by atoms with Gasteiger partial charge in [0.05, 0.1) is 0 Å². The molecule has 1 aliphatic heterocycles. The molecular weight excluding hydrogens is 294 g/mol. The van der Waals surface area contributed by atoms with Crippen LogP contribution in [0, 0.1) is 6.92 Å². The van der Waals surface area contributed by atoms with Crippen molar-refractivity contribution in [3.63, 3.8) is 0 Å². The molecule has 2 heterocycles. The number of nitrogens with zero attached hydrogens (tertiary/aromatic N) is 1. The molecule has 1 fully saturated rings. The molecule has 1 atom stereocenters. The summed E-state index contributed by atoms with van der Waals surface area (Å²) >= 11 is 1.59. The van der Waals surface area contributed by atoms with E-state index >= 15 is 0 Å². The van der Waals surface area contributed by atoms with Gasteiger partial charge in [-0.05, 0) is 43.8 Å². The smallest absolute Gasteiger partial charge is 0.280 e. The number of hydrogen-bond donors (Lipinski definition) is 2. The Morgan fingerprint density at radius 2 is 2.25 bits per heavy atom. The second kappa shape index (κ2) is 7.00. The van der Waals surface area contributed by atoms with E-state index in [0.717, 1.165) is 29.7 Å². The molecule has 5 nitrogen and oxygen atoms in total. The summed E-state index contributed by atoms with van der Waals surface area (Å²) in [5, 5.41) is 5.08. The largest absolute Gasteiger partial charge is 0.318 e. The maximum Gasteiger partial charge on any atom is 0.280 e. The standard InChI is InChI=1S/C13H23N3O2S2/c1-11-6-8-19-13(11)10-15-20(17,18)16-7-4-3-5-12(16)9-14-2/h6,8,12,14-15H,3-5,7,9-10H2,1-2H3. The van der Waals surface area contributed by atoms with Crippen LogP contribution in [-0.2, 0) is 16.8 Å². The molecular formula is C13H23N3O2S2. The number of nitrogens with one attached hydrogen (secondary N) is 2. The molecule has 0 saturated carbocycles. The van der Waals surface area contributed by atoms with Gasteiger partial charge in [-0.25, -0.2) is 0 Å². The zero-order chi connectivity index (χ0) is 14.6. The van der Waals surface area contributed by atoms with Gasteiger partial charge in [0.25, 0.3) is 10.2 Å². The first-order chi connectivity index (χ1) is 9.54. The Morgan fingerprint density at radius 3 is 2.90 bits per heavy atom. The molecule has 1 unspecified atom stereocenters. The summed E-state index contributed by atoms with van der Waals surface area (Å²) in [7, 11) is -1.53. The fourth-order valence-corrected chi connectivity index (χ4v) is 4.93. The van der Waals surface area contributed by atoms with E-state index in [0.29, 0.717) is 19.6 Å². The molecule has 0 radical (unpaired) electrons. The third kappa shape index (κ3) is 3.79. The molecule has 20 heavy (non-hydrogen) atoms. The van der Waals surface area contributed by atoms with Gasteiger partial charge in [0, 0.05) is 30.6 Å². The van der Waals surface area contributed by atoms with Crippen LogP contribution >= 0.6 is 11.3 Å². The highest BCUT2D eigenvalue weighted by Crippen LogP contribution is 2.20. The molecule has 1 aromatic heterocycles. The van der Waals surface area contributed by atoms with E-state index < -0.39 is 10.2 Å². The highest BCUT2D eigenvalue weighted by molar-refractivity contribution is 7.87. The predicted molar refractivity (Wildman–Crippen MR) is 83.1 cm³/mol. The van der Waals surface area contributed by atoms with Gasteiger partial charge in [-0.15, -0.1) is 11.3 Å². The SMILES string of the molecule is CNCC1CCCCN1S(=O)(=O)NCc1sccc1C. The van der Waals surface area contributed by atoms with Crippen LogP contribution in [0.2, 0.25) is 0 Å². The average Bonchev–Trinajstić information content (AvgIpc) is 2.83. The minimum atomic E-state index is -3.40. The van der Waals surface area contributed by atoms with Crippen LogP contribution in [0.15, 0.2) is 11.4 Å². The van der Waals surface area contributed by atoms with Gasteiger partial charge in [0.2, 0.25) is 0 Å². The first kappa shape index (κ1) is 15.9. The summed E-state index contributed by atoms with van der Waals surface area (Å²) in [5.74, 6) is 0. The molecule has 1 saturated heterocycles. The first-order valence-electron chi connectivity index (χ1n) is 6.98.